The summed E-state index contributed by atoms with van der Waals surface area (Å²) in [6.45, 7) is 0. The van der Waals surface area contributed by atoms with E-state index in [-0.39, 0.29) is 0 Å². The molecule has 0 amide bonds. The fourth-order valence-electron chi connectivity index (χ4n) is 12.5. The van der Waals surface area contributed by atoms with Crippen molar-refractivity contribution in [2.75, 3.05) is 4.90 Å². The molecule has 14 aromatic rings. The number of aromatic nitrogens is 1. The summed E-state index contributed by atoms with van der Waals surface area (Å²) in [5.74, 6) is 0. The Labute approximate surface area is 433 Å². The number of hydrogen-bond donors (Lipinski definition) is 0. The second-order valence-corrected chi connectivity index (χ2v) is 20.6. The summed E-state index contributed by atoms with van der Waals surface area (Å²) < 4.78 is 5.10. The van der Waals surface area contributed by atoms with Crippen LogP contribution in [0.2, 0.25) is 0 Å². The van der Waals surface area contributed by atoms with Gasteiger partial charge in [0.15, 0.2) is 0 Å². The minimum atomic E-state index is -0.534. The number of rotatable bonds is 8. The predicted octanol–water partition coefficient (Wildman–Crippen LogP) is 19.5. The first kappa shape index (κ1) is 42.4. The van der Waals surface area contributed by atoms with Gasteiger partial charge in [0.2, 0.25) is 0 Å². The third-order valence-electron chi connectivity index (χ3n) is 15.7. The summed E-state index contributed by atoms with van der Waals surface area (Å²) >= 11 is 1.87. The molecule has 1 aliphatic carbocycles. The Hall–Kier alpha value is -9.28. The van der Waals surface area contributed by atoms with Crippen molar-refractivity contribution in [3.05, 3.63) is 301 Å². The van der Waals surface area contributed by atoms with E-state index in [1.807, 2.05) is 11.3 Å². The van der Waals surface area contributed by atoms with Crippen LogP contribution in [-0.2, 0) is 5.41 Å². The maximum Gasteiger partial charge on any atom is 0.0714 e. The molecule has 0 spiro atoms. The zero-order valence-electron chi connectivity index (χ0n) is 40.4. The van der Waals surface area contributed by atoms with E-state index in [9.17, 15) is 0 Å². The van der Waals surface area contributed by atoms with Crippen LogP contribution in [0.3, 0.4) is 0 Å². The molecular formula is C71H46N2S. The van der Waals surface area contributed by atoms with Gasteiger partial charge in [-0.3, -0.25) is 0 Å². The van der Waals surface area contributed by atoms with Crippen LogP contribution in [0.5, 0.6) is 0 Å². The van der Waals surface area contributed by atoms with Crippen molar-refractivity contribution < 1.29 is 0 Å². The Morgan fingerprint density at radius 2 is 0.919 bits per heavy atom. The number of nitrogens with zero attached hydrogens (tertiary/aromatic N) is 2. The number of para-hydroxylation sites is 2. The molecule has 0 aliphatic heterocycles. The highest BCUT2D eigenvalue weighted by Crippen LogP contribution is 2.58. The number of anilines is 3. The normalized spacial score (nSPS) is 12.7. The van der Waals surface area contributed by atoms with E-state index in [2.05, 4.69) is 289 Å². The smallest absolute Gasteiger partial charge is 0.0714 e. The van der Waals surface area contributed by atoms with E-state index in [0.717, 1.165) is 28.2 Å². The average Bonchev–Trinajstić information content (AvgIpc) is 4.18. The highest BCUT2D eigenvalue weighted by Gasteiger charge is 2.46. The van der Waals surface area contributed by atoms with Crippen LogP contribution in [0.1, 0.15) is 22.3 Å². The molecule has 12 aromatic carbocycles. The van der Waals surface area contributed by atoms with Gasteiger partial charge in [0.25, 0.3) is 0 Å². The first-order valence-electron chi connectivity index (χ1n) is 25.5. The van der Waals surface area contributed by atoms with Crippen LogP contribution in [0.15, 0.2) is 279 Å². The van der Waals surface area contributed by atoms with Gasteiger partial charge >= 0.3 is 0 Å². The van der Waals surface area contributed by atoms with Gasteiger partial charge in [-0.2, -0.15) is 0 Å². The molecule has 0 bridgehead atoms. The van der Waals surface area contributed by atoms with E-state index >= 15 is 0 Å². The molecule has 0 saturated heterocycles. The minimum Gasteiger partial charge on any atom is -0.309 e. The van der Waals surface area contributed by atoms with Crippen LogP contribution in [0, 0.1) is 0 Å². The molecule has 3 heteroatoms. The zero-order valence-corrected chi connectivity index (χ0v) is 41.2. The quantitative estimate of drug-likeness (QED) is 0.147. The molecule has 0 unspecified atom stereocenters. The van der Waals surface area contributed by atoms with E-state index in [1.165, 1.54) is 103 Å². The van der Waals surface area contributed by atoms with Gasteiger partial charge in [0.05, 0.1) is 33.5 Å². The van der Waals surface area contributed by atoms with E-state index in [0.29, 0.717) is 0 Å². The maximum absolute atomic E-state index is 2.50. The Bertz CT molecular complexity index is 4440. The molecule has 2 aromatic heterocycles. The Morgan fingerprint density at radius 1 is 0.338 bits per heavy atom. The molecule has 2 nitrogen and oxygen atoms in total. The average molecular weight is 959 g/mol. The number of benzene rings is 12. The lowest BCUT2D eigenvalue weighted by molar-refractivity contribution is 0.768. The summed E-state index contributed by atoms with van der Waals surface area (Å²) in [4.78, 5) is 2.50. The van der Waals surface area contributed by atoms with Crippen LogP contribution in [0.25, 0.3) is 91.8 Å². The lowest BCUT2D eigenvalue weighted by Crippen LogP contribution is -2.28. The molecule has 346 valence electrons. The SMILES string of the molecule is c1ccc(C2(c3ccccc3)c3ccccc3-c3ccc(N(c4ccccc4-c4ccc(-c5ccc6c7ccccc7n(-c7cccc8sc9ccccc9c78)c6c5)cc4)c4cccc5ccccc45)cc32)cc1. The third kappa shape index (κ3) is 6.37. The summed E-state index contributed by atoms with van der Waals surface area (Å²) in [7, 11) is 0. The van der Waals surface area contributed by atoms with Crippen molar-refractivity contribution in [1.82, 2.24) is 4.57 Å². The molecule has 74 heavy (non-hydrogen) atoms. The minimum absolute atomic E-state index is 0.534. The van der Waals surface area contributed by atoms with Gasteiger partial charge < -0.3 is 9.47 Å². The maximum atomic E-state index is 2.50. The topological polar surface area (TPSA) is 8.17 Å². The lowest BCUT2D eigenvalue weighted by Gasteiger charge is -2.35. The first-order valence-corrected chi connectivity index (χ1v) is 26.3. The van der Waals surface area contributed by atoms with Crippen LogP contribution in [-0.4, -0.2) is 4.57 Å². The monoisotopic (exact) mass is 958 g/mol. The standard InChI is InChI=1S/C71H46N2S/c1-3-21-51(22-4-1)71(52-23-5-2-6-24-52)61-30-13-9-27-56(61)57-44-42-53(46-62(57)71)72(64-33-17-20-48-19-7-8-25-54(48)64)63-31-14-10-26-55(63)49-39-37-47(38-40-49)50-41-43-59-58-28-11-15-32-65(58)73(67(59)45-50)66-34-18-36-69-70(66)60-29-12-16-35-68(60)74-69/h1-46H. The van der Waals surface area contributed by atoms with Gasteiger partial charge in [0.1, 0.15) is 0 Å². The van der Waals surface area contributed by atoms with Crippen molar-refractivity contribution >= 4 is 81.1 Å². The Morgan fingerprint density at radius 3 is 1.74 bits per heavy atom. The van der Waals surface area contributed by atoms with Gasteiger partial charge in [-0.1, -0.05) is 224 Å². The van der Waals surface area contributed by atoms with Crippen LogP contribution >= 0.6 is 11.3 Å². The van der Waals surface area contributed by atoms with Gasteiger partial charge in [-0.05, 0) is 110 Å². The molecule has 0 atom stereocenters. The van der Waals surface area contributed by atoms with Crippen molar-refractivity contribution in [3.8, 4) is 39.1 Å². The predicted molar refractivity (Wildman–Crippen MR) is 314 cm³/mol. The molecule has 2 heterocycles. The van der Waals surface area contributed by atoms with Gasteiger partial charge in [-0.25, -0.2) is 0 Å². The van der Waals surface area contributed by atoms with Gasteiger partial charge in [0, 0.05) is 47.6 Å². The van der Waals surface area contributed by atoms with Crippen molar-refractivity contribution in [3.63, 3.8) is 0 Å². The number of hydrogen-bond acceptors (Lipinski definition) is 2. The summed E-state index contributed by atoms with van der Waals surface area (Å²) in [5, 5.41) is 7.50. The lowest BCUT2D eigenvalue weighted by atomic mass is 9.67. The Balaban J connectivity index is 0.893. The summed E-state index contributed by atoms with van der Waals surface area (Å²) in [6, 6.07) is 103. The van der Waals surface area contributed by atoms with Crippen molar-refractivity contribution in [2.24, 2.45) is 0 Å². The molecular weight excluding hydrogens is 913 g/mol. The second kappa shape index (κ2) is 16.9. The van der Waals surface area contributed by atoms with E-state index < -0.39 is 5.41 Å². The molecule has 0 radical (unpaired) electrons. The second-order valence-electron chi connectivity index (χ2n) is 19.5. The molecule has 1 aliphatic rings. The zero-order chi connectivity index (χ0) is 48.7. The number of thiophene rings is 1. The van der Waals surface area contributed by atoms with Crippen LogP contribution < -0.4 is 4.90 Å². The van der Waals surface area contributed by atoms with Crippen molar-refractivity contribution in [1.29, 1.82) is 0 Å². The summed E-state index contributed by atoms with van der Waals surface area (Å²) in [6.07, 6.45) is 0. The molecule has 15 rings (SSSR count). The molecule has 0 fully saturated rings. The van der Waals surface area contributed by atoms with Crippen LogP contribution in [0.4, 0.5) is 17.1 Å². The number of fused-ring (bicyclic) bond motifs is 10. The largest absolute Gasteiger partial charge is 0.309 e. The molecule has 0 saturated carbocycles. The fraction of sp³-hybridized carbons (Fsp3) is 0.0141. The highest BCUT2D eigenvalue weighted by molar-refractivity contribution is 7.25. The van der Waals surface area contributed by atoms with Crippen molar-refractivity contribution in [2.45, 2.75) is 5.41 Å². The fourth-order valence-corrected chi connectivity index (χ4v) is 13.6. The summed E-state index contributed by atoms with van der Waals surface area (Å²) in [5.41, 5.74) is 18.7. The van der Waals surface area contributed by atoms with Gasteiger partial charge in [-0.15, -0.1) is 11.3 Å². The van der Waals surface area contributed by atoms with E-state index in [4.69, 9.17) is 0 Å². The first-order chi connectivity index (χ1) is 36.7. The third-order valence-corrected chi connectivity index (χ3v) is 16.8. The van der Waals surface area contributed by atoms with E-state index in [1.54, 1.807) is 0 Å². The highest BCUT2D eigenvalue weighted by atomic mass is 32.1. The molecule has 0 N–H and O–H groups in total. The Kier molecular flexibility index (Phi) is 9.70.